The smallest absolute Gasteiger partial charge is 0.229 e. The van der Waals surface area contributed by atoms with Gasteiger partial charge in [0.05, 0.1) is 12.0 Å². The predicted octanol–water partition coefficient (Wildman–Crippen LogP) is 1.26. The van der Waals surface area contributed by atoms with Gasteiger partial charge in [-0.15, -0.1) is 11.3 Å². The zero-order valence-corrected chi connectivity index (χ0v) is 14.2. The Balaban J connectivity index is 1.41. The van der Waals surface area contributed by atoms with Crippen LogP contribution in [-0.2, 0) is 4.79 Å². The van der Waals surface area contributed by atoms with Gasteiger partial charge in [-0.3, -0.25) is 10.2 Å². The minimum atomic E-state index is -0.0567. The molecule has 126 valence electrons. The van der Waals surface area contributed by atoms with E-state index in [-0.39, 0.29) is 17.9 Å². The van der Waals surface area contributed by atoms with Gasteiger partial charge in [0.1, 0.15) is 0 Å². The van der Waals surface area contributed by atoms with Gasteiger partial charge in [-0.2, -0.15) is 0 Å². The lowest BCUT2D eigenvalue weighted by Crippen LogP contribution is -2.51. The van der Waals surface area contributed by atoms with Gasteiger partial charge in [0.15, 0.2) is 5.13 Å². The van der Waals surface area contributed by atoms with Gasteiger partial charge in [0.25, 0.3) is 0 Å². The van der Waals surface area contributed by atoms with Crippen molar-refractivity contribution in [1.29, 1.82) is 0 Å². The highest BCUT2D eigenvalue weighted by Crippen LogP contribution is 2.27. The van der Waals surface area contributed by atoms with Crippen LogP contribution >= 0.6 is 11.3 Å². The molecule has 4 rings (SSSR count). The molecule has 1 aromatic heterocycles. The van der Waals surface area contributed by atoms with Crippen molar-refractivity contribution in [2.75, 3.05) is 37.6 Å². The van der Waals surface area contributed by atoms with Crippen LogP contribution in [0.2, 0.25) is 0 Å². The van der Waals surface area contributed by atoms with E-state index in [0.717, 1.165) is 36.9 Å². The normalized spacial score (nSPS) is 24.3. The highest BCUT2D eigenvalue weighted by atomic mass is 32.1. The fourth-order valence-electron chi connectivity index (χ4n) is 3.43. The van der Waals surface area contributed by atoms with E-state index in [1.807, 2.05) is 34.7 Å². The van der Waals surface area contributed by atoms with Gasteiger partial charge in [0, 0.05) is 44.3 Å². The third kappa shape index (κ3) is 3.02. The van der Waals surface area contributed by atoms with Gasteiger partial charge in [-0.25, -0.2) is 10.4 Å². The number of hydrazine groups is 1. The lowest BCUT2D eigenvalue weighted by atomic mass is 9.93. The summed E-state index contributed by atoms with van der Waals surface area (Å²) in [4.78, 5) is 21.6. The molecule has 0 radical (unpaired) electrons. The number of amides is 1. The molecular formula is C17H21N5OS. The highest BCUT2D eigenvalue weighted by molar-refractivity contribution is 7.13. The fraction of sp³-hybridized carbons (Fsp3) is 0.412. The lowest BCUT2D eigenvalue weighted by molar-refractivity contribution is -0.135. The minimum absolute atomic E-state index is 0.0377. The molecule has 6 nitrogen and oxygen atoms in total. The van der Waals surface area contributed by atoms with Crippen molar-refractivity contribution >= 4 is 22.4 Å². The Morgan fingerprint density at radius 1 is 1.17 bits per heavy atom. The molecule has 7 heteroatoms. The van der Waals surface area contributed by atoms with Crippen LogP contribution in [0, 0.1) is 5.92 Å². The second-order valence-electron chi connectivity index (χ2n) is 6.15. The van der Waals surface area contributed by atoms with E-state index < -0.39 is 0 Å². The van der Waals surface area contributed by atoms with Gasteiger partial charge < -0.3 is 9.80 Å². The van der Waals surface area contributed by atoms with Crippen LogP contribution in [0.3, 0.4) is 0 Å². The Hall–Kier alpha value is -1.96. The monoisotopic (exact) mass is 343 g/mol. The second-order valence-corrected chi connectivity index (χ2v) is 7.02. The van der Waals surface area contributed by atoms with E-state index in [1.54, 1.807) is 11.3 Å². The summed E-state index contributed by atoms with van der Waals surface area (Å²) in [5.74, 6) is 0.180. The Labute approximate surface area is 145 Å². The molecule has 0 saturated carbocycles. The molecule has 2 unspecified atom stereocenters. The standard InChI is InChI=1S/C17H21N5OS/c23-16(14-12-19-20-15(14)13-4-2-1-3-5-13)21-7-9-22(10-8-21)17-18-6-11-24-17/h1-6,11,14-15,19-20H,7-10,12H2. The summed E-state index contributed by atoms with van der Waals surface area (Å²) >= 11 is 1.65. The molecule has 2 aliphatic heterocycles. The average molecular weight is 343 g/mol. The second kappa shape index (κ2) is 6.88. The number of carbonyl (C=O) groups is 1. The maximum absolute atomic E-state index is 13.0. The molecule has 2 fully saturated rings. The molecule has 1 aromatic carbocycles. The van der Waals surface area contributed by atoms with Crippen molar-refractivity contribution in [3.8, 4) is 0 Å². The first-order valence-electron chi connectivity index (χ1n) is 8.29. The molecule has 0 spiro atoms. The molecule has 2 saturated heterocycles. The Kier molecular flexibility index (Phi) is 4.46. The summed E-state index contributed by atoms with van der Waals surface area (Å²) in [6.07, 6.45) is 1.83. The number of piperazine rings is 1. The van der Waals surface area contributed by atoms with Crippen LogP contribution in [0.25, 0.3) is 0 Å². The van der Waals surface area contributed by atoms with Gasteiger partial charge in [0.2, 0.25) is 5.91 Å². The predicted molar refractivity (Wildman–Crippen MR) is 94.7 cm³/mol. The van der Waals surface area contributed by atoms with Crippen LogP contribution in [0.15, 0.2) is 41.9 Å². The molecule has 24 heavy (non-hydrogen) atoms. The van der Waals surface area contributed by atoms with Crippen molar-refractivity contribution in [3.63, 3.8) is 0 Å². The Bertz CT molecular complexity index is 670. The number of aromatic nitrogens is 1. The molecule has 2 atom stereocenters. The zero-order chi connectivity index (χ0) is 16.4. The lowest BCUT2D eigenvalue weighted by Gasteiger charge is -2.36. The number of nitrogens with one attached hydrogen (secondary N) is 2. The minimum Gasteiger partial charge on any atom is -0.345 e. The van der Waals surface area contributed by atoms with Gasteiger partial charge in [-0.05, 0) is 5.56 Å². The number of benzene rings is 1. The van der Waals surface area contributed by atoms with Crippen LogP contribution in [0.1, 0.15) is 11.6 Å². The van der Waals surface area contributed by atoms with E-state index in [2.05, 4.69) is 32.9 Å². The van der Waals surface area contributed by atoms with Crippen molar-refractivity contribution < 1.29 is 4.79 Å². The Morgan fingerprint density at radius 3 is 2.67 bits per heavy atom. The topological polar surface area (TPSA) is 60.5 Å². The Morgan fingerprint density at radius 2 is 1.96 bits per heavy atom. The zero-order valence-electron chi connectivity index (χ0n) is 13.4. The molecular weight excluding hydrogens is 322 g/mol. The average Bonchev–Trinajstić information content (AvgIpc) is 3.34. The number of anilines is 1. The molecule has 2 N–H and O–H groups in total. The van der Waals surface area contributed by atoms with E-state index in [0.29, 0.717) is 6.54 Å². The maximum Gasteiger partial charge on any atom is 0.229 e. The summed E-state index contributed by atoms with van der Waals surface area (Å²) in [7, 11) is 0. The number of rotatable bonds is 3. The van der Waals surface area contributed by atoms with Crippen LogP contribution in [0.5, 0.6) is 0 Å². The first-order chi connectivity index (χ1) is 11.8. The van der Waals surface area contributed by atoms with E-state index in [4.69, 9.17) is 0 Å². The number of carbonyl (C=O) groups excluding carboxylic acids is 1. The SMILES string of the molecule is O=C(C1CNNC1c1ccccc1)N1CCN(c2nccs2)CC1. The summed E-state index contributed by atoms with van der Waals surface area (Å²) in [5.41, 5.74) is 7.57. The third-order valence-corrected chi connectivity index (χ3v) is 5.57. The number of hydrogen-bond donors (Lipinski definition) is 2. The van der Waals surface area contributed by atoms with Crippen molar-refractivity contribution in [2.45, 2.75) is 6.04 Å². The number of hydrogen-bond acceptors (Lipinski definition) is 6. The summed E-state index contributed by atoms with van der Waals surface area (Å²) in [6.45, 7) is 3.89. The summed E-state index contributed by atoms with van der Waals surface area (Å²) in [6, 6.07) is 10.2. The summed E-state index contributed by atoms with van der Waals surface area (Å²) in [5, 5.41) is 3.04. The quantitative estimate of drug-likeness (QED) is 0.879. The van der Waals surface area contributed by atoms with Crippen LogP contribution in [0.4, 0.5) is 5.13 Å². The van der Waals surface area contributed by atoms with Crippen molar-refractivity contribution in [3.05, 3.63) is 47.5 Å². The van der Waals surface area contributed by atoms with Crippen molar-refractivity contribution in [1.82, 2.24) is 20.7 Å². The molecule has 2 aromatic rings. The third-order valence-electron chi connectivity index (χ3n) is 4.74. The van der Waals surface area contributed by atoms with Crippen LogP contribution in [-0.4, -0.2) is 48.5 Å². The van der Waals surface area contributed by atoms with E-state index in [1.165, 1.54) is 0 Å². The maximum atomic E-state index is 13.0. The molecule has 0 aliphatic carbocycles. The molecule has 0 bridgehead atoms. The molecule has 1 amide bonds. The highest BCUT2D eigenvalue weighted by Gasteiger charge is 2.37. The first kappa shape index (κ1) is 15.6. The molecule has 3 heterocycles. The van der Waals surface area contributed by atoms with E-state index in [9.17, 15) is 4.79 Å². The van der Waals surface area contributed by atoms with Gasteiger partial charge in [-0.1, -0.05) is 30.3 Å². The van der Waals surface area contributed by atoms with Crippen molar-refractivity contribution in [2.24, 2.45) is 5.92 Å². The first-order valence-corrected chi connectivity index (χ1v) is 9.17. The van der Waals surface area contributed by atoms with Crippen LogP contribution < -0.4 is 15.8 Å². The van der Waals surface area contributed by atoms with Gasteiger partial charge >= 0.3 is 0 Å². The molecule has 2 aliphatic rings. The number of nitrogens with zero attached hydrogens (tertiary/aromatic N) is 3. The van der Waals surface area contributed by atoms with E-state index >= 15 is 0 Å². The largest absolute Gasteiger partial charge is 0.345 e. The summed E-state index contributed by atoms with van der Waals surface area (Å²) < 4.78 is 0. The fourth-order valence-corrected chi connectivity index (χ4v) is 4.12. The number of thiazole rings is 1.